The molecular formula is C17H17N11. The molecular weight excluding hydrogens is 358 g/mol. The number of nitrogens with zero attached hydrogens (tertiary/aromatic N) is 9. The molecule has 4 aromatic rings. The zero-order valence-corrected chi connectivity index (χ0v) is 15.1. The van der Waals surface area contributed by atoms with Crippen LogP contribution in [0.15, 0.2) is 37.2 Å². The molecule has 11 heteroatoms. The normalized spacial score (nSPS) is 15.4. The molecule has 0 aromatic carbocycles. The van der Waals surface area contributed by atoms with Crippen molar-refractivity contribution in [3.8, 4) is 6.07 Å². The first kappa shape index (κ1) is 16.2. The molecule has 0 radical (unpaired) electrons. The molecule has 1 saturated heterocycles. The maximum atomic E-state index is 9.32. The lowest BCUT2D eigenvalue weighted by Gasteiger charge is -2.49. The summed E-state index contributed by atoms with van der Waals surface area (Å²) in [5.74, 6) is 1.19. The highest BCUT2D eigenvalue weighted by molar-refractivity contribution is 5.68. The number of aromatic amines is 1. The van der Waals surface area contributed by atoms with Gasteiger partial charge >= 0.3 is 0 Å². The lowest BCUT2D eigenvalue weighted by molar-refractivity contribution is 0.197. The van der Waals surface area contributed by atoms with Gasteiger partial charge in [0.05, 0.1) is 30.6 Å². The van der Waals surface area contributed by atoms with Crippen molar-refractivity contribution in [3.05, 3.63) is 42.7 Å². The highest BCUT2D eigenvalue weighted by Crippen LogP contribution is 2.36. The van der Waals surface area contributed by atoms with Crippen molar-refractivity contribution in [2.24, 2.45) is 0 Å². The Balaban J connectivity index is 1.44. The van der Waals surface area contributed by atoms with Crippen LogP contribution >= 0.6 is 0 Å². The summed E-state index contributed by atoms with van der Waals surface area (Å²) in [7, 11) is 0. The Kier molecular flexibility index (Phi) is 3.51. The lowest BCUT2D eigenvalue weighted by Crippen LogP contribution is -2.63. The fourth-order valence-corrected chi connectivity index (χ4v) is 3.50. The van der Waals surface area contributed by atoms with E-state index in [0.29, 0.717) is 31.1 Å². The Labute approximate surface area is 159 Å². The minimum Gasteiger partial charge on any atom is -0.348 e. The molecule has 0 amide bonds. The van der Waals surface area contributed by atoms with Crippen molar-refractivity contribution in [3.63, 3.8) is 0 Å². The fourth-order valence-electron chi connectivity index (χ4n) is 3.50. The van der Waals surface area contributed by atoms with Gasteiger partial charge in [-0.05, 0) is 12.5 Å². The summed E-state index contributed by atoms with van der Waals surface area (Å²) in [5, 5.41) is 27.9. The third-order valence-electron chi connectivity index (χ3n) is 4.87. The second-order valence-corrected chi connectivity index (χ2v) is 6.94. The molecule has 0 aliphatic carbocycles. The molecule has 1 aliphatic heterocycles. The van der Waals surface area contributed by atoms with E-state index in [0.717, 1.165) is 17.1 Å². The van der Waals surface area contributed by atoms with Gasteiger partial charge in [0.25, 0.3) is 0 Å². The van der Waals surface area contributed by atoms with Gasteiger partial charge in [0.2, 0.25) is 5.95 Å². The van der Waals surface area contributed by atoms with Crippen LogP contribution < -0.4 is 10.2 Å². The van der Waals surface area contributed by atoms with Gasteiger partial charge in [-0.3, -0.25) is 9.78 Å². The van der Waals surface area contributed by atoms with Crippen molar-refractivity contribution in [1.29, 1.82) is 5.26 Å². The Bertz CT molecular complexity index is 1160. The smallest absolute Gasteiger partial charge is 0.247 e. The van der Waals surface area contributed by atoms with E-state index in [-0.39, 0.29) is 5.54 Å². The van der Waals surface area contributed by atoms with Gasteiger partial charge in [0.15, 0.2) is 11.5 Å². The summed E-state index contributed by atoms with van der Waals surface area (Å²) < 4.78 is 3.59. The average molecular weight is 375 g/mol. The third kappa shape index (κ3) is 2.54. The predicted octanol–water partition coefficient (Wildman–Crippen LogP) is 1.23. The second kappa shape index (κ2) is 6.05. The Morgan fingerprint density at radius 1 is 1.36 bits per heavy atom. The third-order valence-corrected chi connectivity index (χ3v) is 4.87. The van der Waals surface area contributed by atoms with Crippen LogP contribution in [0.3, 0.4) is 0 Å². The summed E-state index contributed by atoms with van der Waals surface area (Å²) in [5.41, 5.74) is 2.14. The van der Waals surface area contributed by atoms with Crippen LogP contribution in [0.5, 0.6) is 0 Å². The van der Waals surface area contributed by atoms with Gasteiger partial charge < -0.3 is 10.2 Å². The van der Waals surface area contributed by atoms with Crippen molar-refractivity contribution in [1.82, 2.24) is 39.6 Å². The van der Waals surface area contributed by atoms with E-state index in [1.807, 2.05) is 24.0 Å². The van der Waals surface area contributed by atoms with E-state index < -0.39 is 0 Å². The summed E-state index contributed by atoms with van der Waals surface area (Å²) in [6.07, 6.45) is 11.0. The molecule has 1 fully saturated rings. The first-order chi connectivity index (χ1) is 13.7. The van der Waals surface area contributed by atoms with Gasteiger partial charge in [-0.1, -0.05) is 0 Å². The van der Waals surface area contributed by atoms with Crippen LogP contribution in [0.2, 0.25) is 0 Å². The average Bonchev–Trinajstić information content (AvgIpc) is 3.38. The lowest BCUT2D eigenvalue weighted by atomic mass is 9.87. The van der Waals surface area contributed by atoms with Crippen molar-refractivity contribution >= 4 is 23.1 Å². The molecule has 2 N–H and O–H groups in total. The molecule has 0 atom stereocenters. The Morgan fingerprint density at radius 2 is 2.25 bits per heavy atom. The largest absolute Gasteiger partial charge is 0.348 e. The molecule has 0 unspecified atom stereocenters. The summed E-state index contributed by atoms with van der Waals surface area (Å²) in [4.78, 5) is 11.2. The Morgan fingerprint density at radius 3 is 2.96 bits per heavy atom. The van der Waals surface area contributed by atoms with Crippen LogP contribution in [-0.2, 0) is 5.54 Å². The number of hydrogen-bond acceptors (Lipinski definition) is 8. The number of H-pyrrole nitrogens is 1. The molecule has 11 nitrogen and oxygen atoms in total. The number of nitriles is 1. The highest BCUT2D eigenvalue weighted by Gasteiger charge is 2.46. The summed E-state index contributed by atoms with van der Waals surface area (Å²) in [6, 6.07) is 2.30. The number of nitrogens with one attached hydrogen (secondary N) is 2. The zero-order valence-electron chi connectivity index (χ0n) is 15.1. The molecule has 0 spiro atoms. The fraction of sp³-hybridized carbons (Fsp3) is 0.294. The number of fused-ring (bicyclic) bond motifs is 1. The van der Waals surface area contributed by atoms with E-state index in [4.69, 9.17) is 0 Å². The second-order valence-electron chi connectivity index (χ2n) is 6.94. The maximum Gasteiger partial charge on any atom is 0.247 e. The minimum absolute atomic E-state index is 0.352. The van der Waals surface area contributed by atoms with Crippen LogP contribution in [0.25, 0.3) is 5.65 Å². The van der Waals surface area contributed by atoms with Crippen LogP contribution in [-0.4, -0.2) is 52.6 Å². The van der Waals surface area contributed by atoms with Gasteiger partial charge in [-0.15, -0.1) is 5.10 Å². The van der Waals surface area contributed by atoms with Crippen molar-refractivity contribution in [2.75, 3.05) is 23.3 Å². The molecule has 0 bridgehead atoms. The highest BCUT2D eigenvalue weighted by atomic mass is 15.4. The van der Waals surface area contributed by atoms with Crippen molar-refractivity contribution < 1.29 is 0 Å². The molecule has 140 valence electrons. The van der Waals surface area contributed by atoms with E-state index in [9.17, 15) is 5.26 Å². The first-order valence-corrected chi connectivity index (χ1v) is 8.78. The molecule has 28 heavy (non-hydrogen) atoms. The molecule has 4 aromatic heterocycles. The number of aromatic nitrogens is 8. The van der Waals surface area contributed by atoms with E-state index in [2.05, 4.69) is 46.6 Å². The van der Waals surface area contributed by atoms with Gasteiger partial charge in [0, 0.05) is 37.9 Å². The molecule has 1 aliphatic rings. The number of rotatable bonds is 5. The van der Waals surface area contributed by atoms with Gasteiger partial charge in [-0.2, -0.15) is 20.4 Å². The number of anilines is 3. The maximum absolute atomic E-state index is 9.32. The SMILES string of the molecule is Cc1cnn(C2(CC#N)CN(c3nccn4nc(Nc5cn[nH]c5)nc34)C2)c1. The summed E-state index contributed by atoms with van der Waals surface area (Å²) >= 11 is 0. The predicted molar refractivity (Wildman–Crippen MR) is 100 cm³/mol. The van der Waals surface area contributed by atoms with Crippen LogP contribution in [0.4, 0.5) is 17.5 Å². The van der Waals surface area contributed by atoms with E-state index in [1.54, 1.807) is 29.3 Å². The quantitative estimate of drug-likeness (QED) is 0.533. The van der Waals surface area contributed by atoms with E-state index >= 15 is 0 Å². The molecule has 0 saturated carbocycles. The van der Waals surface area contributed by atoms with Crippen LogP contribution in [0, 0.1) is 18.3 Å². The Hall–Kier alpha value is -3.94. The van der Waals surface area contributed by atoms with Crippen molar-refractivity contribution in [2.45, 2.75) is 18.9 Å². The zero-order chi connectivity index (χ0) is 19.1. The van der Waals surface area contributed by atoms with Gasteiger partial charge in [-0.25, -0.2) is 9.50 Å². The molecule has 5 rings (SSSR count). The number of hydrogen-bond donors (Lipinski definition) is 2. The monoisotopic (exact) mass is 375 g/mol. The van der Waals surface area contributed by atoms with Crippen LogP contribution in [0.1, 0.15) is 12.0 Å². The van der Waals surface area contributed by atoms with Gasteiger partial charge in [0.1, 0.15) is 5.54 Å². The standard InChI is InChI=1S/C17H17N11/c1-12-6-22-28(9-12)17(2-3-18)10-26(11-17)14-15-24-16(23-13-7-20-21-8-13)25-27(15)5-4-19-14/h4-9H,2,10-11H2,1H3,(H,20,21)(H,23,25). The topological polar surface area (TPSA) is 129 Å². The number of aryl methyl sites for hydroxylation is 1. The van der Waals surface area contributed by atoms with E-state index in [1.165, 1.54) is 0 Å². The minimum atomic E-state index is -0.352. The molecule has 5 heterocycles. The summed E-state index contributed by atoms with van der Waals surface area (Å²) in [6.45, 7) is 3.25. The first-order valence-electron chi connectivity index (χ1n) is 8.78.